The van der Waals surface area contributed by atoms with Gasteiger partial charge in [0.2, 0.25) is 0 Å². The quantitative estimate of drug-likeness (QED) is 0.646. The monoisotopic (exact) mass is 209 g/mol. The van der Waals surface area contributed by atoms with Gasteiger partial charge in [0.15, 0.2) is 4.47 Å². The third kappa shape index (κ3) is 1.03. The number of hydrogen-bond donors (Lipinski definition) is 0. The number of thiophene rings is 1. The fourth-order valence-electron chi connectivity index (χ4n) is 0.681. The molecule has 10 heavy (non-hydrogen) atoms. The second-order valence-electron chi connectivity index (χ2n) is 1.69. The molecular weight excluding hydrogens is 209 g/mol. The van der Waals surface area contributed by atoms with Gasteiger partial charge < -0.3 is 0 Å². The van der Waals surface area contributed by atoms with Gasteiger partial charge in [-0.1, -0.05) is 23.2 Å². The maximum Gasteiger partial charge on any atom is 0.185 e. The molecule has 0 N–H and O–H groups in total. The molecule has 0 amide bonds. The second kappa shape index (κ2) is 2.34. The van der Waals surface area contributed by atoms with Crippen LogP contribution in [-0.4, -0.2) is 4.98 Å². The molecular formula is C5HCl2NS2. The Morgan fingerprint density at radius 2 is 2.10 bits per heavy atom. The van der Waals surface area contributed by atoms with E-state index >= 15 is 0 Å². The minimum Gasteiger partial charge on any atom is -0.214 e. The van der Waals surface area contributed by atoms with Crippen LogP contribution in [0.25, 0.3) is 9.53 Å². The first-order chi connectivity index (χ1) is 4.75. The first kappa shape index (κ1) is 6.85. The largest absolute Gasteiger partial charge is 0.214 e. The van der Waals surface area contributed by atoms with Crippen LogP contribution < -0.4 is 0 Å². The molecule has 0 saturated heterocycles. The van der Waals surface area contributed by atoms with Crippen LogP contribution in [0.15, 0.2) is 6.07 Å². The maximum atomic E-state index is 5.72. The lowest BCUT2D eigenvalue weighted by Gasteiger charge is -1.70. The van der Waals surface area contributed by atoms with E-state index in [2.05, 4.69) is 4.98 Å². The van der Waals surface area contributed by atoms with Crippen molar-refractivity contribution in [3.8, 4) is 0 Å². The molecule has 0 unspecified atom stereocenters. The van der Waals surface area contributed by atoms with Crippen molar-refractivity contribution in [1.29, 1.82) is 0 Å². The number of aromatic nitrogens is 1. The average molecular weight is 210 g/mol. The third-order valence-electron chi connectivity index (χ3n) is 1.03. The van der Waals surface area contributed by atoms with Crippen LogP contribution in [0.1, 0.15) is 0 Å². The van der Waals surface area contributed by atoms with Crippen LogP contribution in [0, 0.1) is 0 Å². The molecule has 0 aliphatic carbocycles. The number of halogens is 2. The summed E-state index contributed by atoms with van der Waals surface area (Å²) in [6, 6.07) is 1.88. The van der Waals surface area contributed by atoms with E-state index < -0.39 is 0 Å². The SMILES string of the molecule is Clc1cc2sc(Cl)nc2s1. The Morgan fingerprint density at radius 1 is 1.30 bits per heavy atom. The van der Waals surface area contributed by atoms with Gasteiger partial charge in [0.25, 0.3) is 0 Å². The molecule has 0 fully saturated rings. The van der Waals surface area contributed by atoms with Gasteiger partial charge >= 0.3 is 0 Å². The summed E-state index contributed by atoms with van der Waals surface area (Å²) in [6.45, 7) is 0. The summed E-state index contributed by atoms with van der Waals surface area (Å²) in [7, 11) is 0. The van der Waals surface area contributed by atoms with Crippen LogP contribution in [0.3, 0.4) is 0 Å². The average Bonchev–Trinajstić information content (AvgIpc) is 2.21. The highest BCUT2D eigenvalue weighted by molar-refractivity contribution is 7.30. The molecule has 0 aliphatic heterocycles. The lowest BCUT2D eigenvalue weighted by molar-refractivity contribution is 1.54. The second-order valence-corrected chi connectivity index (χ2v) is 4.96. The number of thiazole rings is 1. The van der Waals surface area contributed by atoms with Crippen LogP contribution in [-0.2, 0) is 0 Å². The Bertz CT molecular complexity index is 301. The zero-order valence-corrected chi connectivity index (χ0v) is 7.74. The van der Waals surface area contributed by atoms with E-state index in [1.165, 1.54) is 22.7 Å². The summed E-state index contributed by atoms with van der Waals surface area (Å²) in [6.07, 6.45) is 0. The predicted octanol–water partition coefficient (Wildman–Crippen LogP) is 3.66. The van der Waals surface area contributed by atoms with Crippen molar-refractivity contribution in [2.45, 2.75) is 0 Å². The van der Waals surface area contributed by atoms with Gasteiger partial charge in [-0.15, -0.1) is 22.7 Å². The first-order valence-electron chi connectivity index (χ1n) is 2.47. The summed E-state index contributed by atoms with van der Waals surface area (Å²) in [5, 5.41) is 0. The molecule has 0 aromatic carbocycles. The Hall–Kier alpha value is 0.170. The molecule has 52 valence electrons. The van der Waals surface area contributed by atoms with Crippen molar-refractivity contribution in [1.82, 2.24) is 4.98 Å². The third-order valence-corrected chi connectivity index (χ3v) is 3.43. The fraction of sp³-hybridized carbons (Fsp3) is 0. The predicted molar refractivity (Wildman–Crippen MR) is 47.5 cm³/mol. The van der Waals surface area contributed by atoms with E-state index in [0.29, 0.717) is 4.47 Å². The van der Waals surface area contributed by atoms with Crippen molar-refractivity contribution < 1.29 is 0 Å². The van der Waals surface area contributed by atoms with E-state index in [9.17, 15) is 0 Å². The zero-order valence-electron chi connectivity index (χ0n) is 4.60. The van der Waals surface area contributed by atoms with Crippen LogP contribution in [0.2, 0.25) is 8.80 Å². The molecule has 0 aliphatic rings. The zero-order chi connectivity index (χ0) is 7.14. The minimum absolute atomic E-state index is 0.581. The number of nitrogens with zero attached hydrogens (tertiary/aromatic N) is 1. The molecule has 0 radical (unpaired) electrons. The number of hydrogen-bond acceptors (Lipinski definition) is 3. The normalized spacial score (nSPS) is 11.0. The Labute approximate surface area is 75.2 Å². The molecule has 2 rings (SSSR count). The van der Waals surface area contributed by atoms with Crippen molar-refractivity contribution in [2.24, 2.45) is 0 Å². The van der Waals surface area contributed by atoms with E-state index in [-0.39, 0.29) is 0 Å². The highest BCUT2D eigenvalue weighted by Crippen LogP contribution is 2.34. The Kier molecular flexibility index (Phi) is 1.60. The molecule has 0 atom stereocenters. The van der Waals surface area contributed by atoms with Gasteiger partial charge in [-0.2, -0.15) is 0 Å². The summed E-state index contributed by atoms with van der Waals surface area (Å²) in [5.74, 6) is 0. The number of rotatable bonds is 0. The number of fused-ring (bicyclic) bond motifs is 1. The van der Waals surface area contributed by atoms with Gasteiger partial charge in [-0.05, 0) is 6.07 Å². The topological polar surface area (TPSA) is 12.9 Å². The molecule has 2 aromatic heterocycles. The maximum absolute atomic E-state index is 5.72. The van der Waals surface area contributed by atoms with Crippen molar-refractivity contribution in [3.05, 3.63) is 14.9 Å². The first-order valence-corrected chi connectivity index (χ1v) is 4.86. The molecule has 1 nitrogen and oxygen atoms in total. The molecule has 0 saturated carbocycles. The van der Waals surface area contributed by atoms with Crippen LogP contribution in [0.5, 0.6) is 0 Å². The van der Waals surface area contributed by atoms with Gasteiger partial charge in [-0.3, -0.25) is 0 Å². The lowest BCUT2D eigenvalue weighted by atomic mass is 10.6. The summed E-state index contributed by atoms with van der Waals surface area (Å²) in [5.41, 5.74) is 0. The minimum atomic E-state index is 0.581. The summed E-state index contributed by atoms with van der Waals surface area (Å²) < 4.78 is 2.42. The summed E-state index contributed by atoms with van der Waals surface area (Å²) >= 11 is 14.3. The van der Waals surface area contributed by atoms with E-state index in [1.54, 1.807) is 0 Å². The molecule has 2 aromatic rings. The standard InChI is InChI=1S/C5HCl2NS2/c6-3-1-2-4(10-3)8-5(7)9-2/h1H. The van der Waals surface area contributed by atoms with Gasteiger partial charge in [0.1, 0.15) is 4.83 Å². The highest BCUT2D eigenvalue weighted by Gasteiger charge is 2.04. The van der Waals surface area contributed by atoms with Gasteiger partial charge in [0, 0.05) is 0 Å². The highest BCUT2D eigenvalue weighted by atomic mass is 35.5. The van der Waals surface area contributed by atoms with Crippen LogP contribution >= 0.6 is 45.9 Å². The van der Waals surface area contributed by atoms with Crippen molar-refractivity contribution in [2.75, 3.05) is 0 Å². The van der Waals surface area contributed by atoms with Crippen LogP contribution in [0.4, 0.5) is 0 Å². The lowest BCUT2D eigenvalue weighted by Crippen LogP contribution is -1.52. The van der Waals surface area contributed by atoms with E-state index in [4.69, 9.17) is 23.2 Å². The Morgan fingerprint density at radius 3 is 2.80 bits per heavy atom. The van der Waals surface area contributed by atoms with Crippen molar-refractivity contribution >= 4 is 55.4 Å². The summed E-state index contributed by atoms with van der Waals surface area (Å²) in [4.78, 5) is 4.98. The molecule has 0 spiro atoms. The van der Waals surface area contributed by atoms with Gasteiger partial charge in [0.05, 0.1) is 9.04 Å². The molecule has 2 heterocycles. The molecule has 5 heteroatoms. The van der Waals surface area contributed by atoms with E-state index in [0.717, 1.165) is 13.9 Å². The fourth-order valence-corrected chi connectivity index (χ4v) is 3.13. The van der Waals surface area contributed by atoms with Gasteiger partial charge in [-0.25, -0.2) is 4.98 Å². The van der Waals surface area contributed by atoms with E-state index in [1.807, 2.05) is 6.07 Å². The molecule has 0 bridgehead atoms. The van der Waals surface area contributed by atoms with Crippen molar-refractivity contribution in [3.63, 3.8) is 0 Å². The smallest absolute Gasteiger partial charge is 0.185 e. The Balaban J connectivity index is 2.83.